The van der Waals surface area contributed by atoms with E-state index in [1.807, 2.05) is 11.5 Å². The first-order valence-corrected chi connectivity index (χ1v) is 11.7. The summed E-state index contributed by atoms with van der Waals surface area (Å²) in [5.74, 6) is 0.208. The Balaban J connectivity index is 1.72. The Morgan fingerprint density at radius 3 is 1.81 bits per heavy atom. The van der Waals surface area contributed by atoms with Gasteiger partial charge in [0.15, 0.2) is 5.78 Å². The molecule has 4 aromatic rings. The molecule has 0 bridgehead atoms. The second-order valence-corrected chi connectivity index (χ2v) is 8.87. The van der Waals surface area contributed by atoms with Gasteiger partial charge in [-0.1, -0.05) is 91.0 Å². The fourth-order valence-corrected chi connectivity index (χ4v) is 5.32. The zero-order chi connectivity index (χ0) is 21.8. The highest BCUT2D eigenvalue weighted by molar-refractivity contribution is 7.10. The maximum absolute atomic E-state index is 12.9. The smallest absolute Gasteiger partial charge is 0.161 e. The fraction of sp³-hybridized carbons (Fsp3) is 0.143. The van der Waals surface area contributed by atoms with Crippen molar-refractivity contribution in [1.82, 2.24) is 9.88 Å². The zero-order valence-corrected chi connectivity index (χ0v) is 18.5. The molecule has 0 aliphatic carbocycles. The van der Waals surface area contributed by atoms with Crippen LogP contribution >= 0.6 is 11.3 Å². The van der Waals surface area contributed by atoms with Gasteiger partial charge in [0.2, 0.25) is 0 Å². The number of thiazole rings is 1. The van der Waals surface area contributed by atoms with Crippen LogP contribution in [0, 0.1) is 0 Å². The van der Waals surface area contributed by atoms with Crippen LogP contribution in [-0.4, -0.2) is 28.8 Å². The molecular formula is C28H24N2OS. The predicted octanol–water partition coefficient (Wildman–Crippen LogP) is 5.79. The third kappa shape index (κ3) is 3.72. The number of rotatable bonds is 5. The van der Waals surface area contributed by atoms with Crippen molar-refractivity contribution in [2.75, 3.05) is 13.1 Å². The first-order valence-electron chi connectivity index (χ1n) is 10.8. The Morgan fingerprint density at radius 2 is 1.34 bits per heavy atom. The van der Waals surface area contributed by atoms with E-state index in [9.17, 15) is 4.79 Å². The number of hydrogen-bond donors (Lipinski definition) is 0. The second-order valence-electron chi connectivity index (χ2n) is 7.94. The number of carbonyl (C=O) groups excluding carboxylic acids is 1. The minimum Gasteiger partial charge on any atom is -0.294 e. The molecule has 0 saturated carbocycles. The van der Waals surface area contributed by atoms with Gasteiger partial charge in [-0.25, -0.2) is 4.98 Å². The van der Waals surface area contributed by atoms with E-state index in [4.69, 9.17) is 0 Å². The summed E-state index contributed by atoms with van der Waals surface area (Å²) >= 11 is 1.56. The summed E-state index contributed by atoms with van der Waals surface area (Å²) in [7, 11) is 0. The largest absolute Gasteiger partial charge is 0.294 e. The molecule has 0 radical (unpaired) electrons. The van der Waals surface area contributed by atoms with Crippen molar-refractivity contribution in [3.8, 4) is 0 Å². The van der Waals surface area contributed by atoms with Gasteiger partial charge in [-0.05, 0) is 22.8 Å². The first kappa shape index (κ1) is 20.6. The third-order valence-corrected chi connectivity index (χ3v) is 6.85. The Morgan fingerprint density at radius 1 is 0.812 bits per heavy atom. The zero-order valence-electron chi connectivity index (χ0n) is 17.7. The molecular weight excluding hydrogens is 412 g/mol. The summed E-state index contributed by atoms with van der Waals surface area (Å²) in [6.45, 7) is 1.25. The summed E-state index contributed by atoms with van der Waals surface area (Å²) in [6.07, 6.45) is 4.24. The number of likely N-dealkylation sites (tertiary alicyclic amines) is 1. The van der Waals surface area contributed by atoms with Gasteiger partial charge in [0, 0.05) is 36.7 Å². The Bertz CT molecular complexity index is 1110. The maximum Gasteiger partial charge on any atom is 0.161 e. The van der Waals surface area contributed by atoms with E-state index in [-0.39, 0.29) is 5.78 Å². The normalized spacial score (nSPS) is 16.4. The van der Waals surface area contributed by atoms with Crippen LogP contribution < -0.4 is 0 Å². The van der Waals surface area contributed by atoms with Gasteiger partial charge in [-0.2, -0.15) is 0 Å². The van der Waals surface area contributed by atoms with E-state index in [1.165, 1.54) is 16.7 Å². The highest BCUT2D eigenvalue weighted by Crippen LogP contribution is 2.43. The van der Waals surface area contributed by atoms with Gasteiger partial charge in [0.1, 0.15) is 5.01 Å². The number of benzene rings is 3. The first-order chi connectivity index (χ1) is 15.8. The van der Waals surface area contributed by atoms with E-state index >= 15 is 0 Å². The standard InChI is InChI=1S/C28H24N2OS/c31-26-16-18-30(21-22(26)20-27-29-17-19-32-27)28(23-10-4-1-5-11-23,24-12-6-2-7-13-24)25-14-8-3-9-15-25/h1-15,17,19-20H,16,18,21H2. The monoisotopic (exact) mass is 436 g/mol. The average molecular weight is 437 g/mol. The quantitative estimate of drug-likeness (QED) is 0.293. The molecule has 1 saturated heterocycles. The minimum atomic E-state index is -0.507. The highest BCUT2D eigenvalue weighted by Gasteiger charge is 2.44. The number of Topliss-reactive ketones (excluding diaryl/α,β-unsaturated/α-hetero) is 1. The number of carbonyl (C=O) groups is 1. The Labute approximate surface area is 192 Å². The molecule has 158 valence electrons. The highest BCUT2D eigenvalue weighted by atomic mass is 32.1. The lowest BCUT2D eigenvalue weighted by molar-refractivity contribution is -0.117. The molecule has 0 unspecified atom stereocenters. The average Bonchev–Trinajstić information content (AvgIpc) is 3.37. The molecule has 4 heteroatoms. The molecule has 0 amide bonds. The van der Waals surface area contributed by atoms with E-state index < -0.39 is 5.54 Å². The second kappa shape index (κ2) is 9.03. The third-order valence-electron chi connectivity index (χ3n) is 6.13. The lowest BCUT2D eigenvalue weighted by atomic mass is 9.74. The van der Waals surface area contributed by atoms with Gasteiger partial charge < -0.3 is 0 Å². The molecule has 5 rings (SSSR count). The molecule has 2 heterocycles. The van der Waals surface area contributed by atoms with Crippen LogP contribution in [0.15, 0.2) is 108 Å². The molecule has 1 aliphatic rings. The van der Waals surface area contributed by atoms with Crippen molar-refractivity contribution in [2.45, 2.75) is 12.0 Å². The Hall–Kier alpha value is -3.34. The summed E-state index contributed by atoms with van der Waals surface area (Å²) in [5.41, 5.74) is 3.89. The summed E-state index contributed by atoms with van der Waals surface area (Å²) < 4.78 is 0. The van der Waals surface area contributed by atoms with Gasteiger partial charge in [-0.15, -0.1) is 11.3 Å². The van der Waals surface area contributed by atoms with Crippen LogP contribution in [-0.2, 0) is 10.3 Å². The van der Waals surface area contributed by atoms with Crippen molar-refractivity contribution in [3.05, 3.63) is 130 Å². The van der Waals surface area contributed by atoms with Crippen molar-refractivity contribution in [2.24, 2.45) is 0 Å². The van der Waals surface area contributed by atoms with Crippen molar-refractivity contribution < 1.29 is 4.79 Å². The van der Waals surface area contributed by atoms with Gasteiger partial charge >= 0.3 is 0 Å². The van der Waals surface area contributed by atoms with Crippen LogP contribution in [0.3, 0.4) is 0 Å². The van der Waals surface area contributed by atoms with Crippen molar-refractivity contribution in [1.29, 1.82) is 0 Å². The van der Waals surface area contributed by atoms with Gasteiger partial charge in [-0.3, -0.25) is 9.69 Å². The Kier molecular flexibility index (Phi) is 5.80. The van der Waals surface area contributed by atoms with Crippen molar-refractivity contribution in [3.63, 3.8) is 0 Å². The minimum absolute atomic E-state index is 0.208. The fourth-order valence-electron chi connectivity index (χ4n) is 4.72. The lowest BCUT2D eigenvalue weighted by Gasteiger charge is -2.47. The molecule has 32 heavy (non-hydrogen) atoms. The van der Waals surface area contributed by atoms with Crippen LogP contribution in [0.5, 0.6) is 0 Å². The SMILES string of the molecule is O=C1CCN(C(c2ccccc2)(c2ccccc2)c2ccccc2)CC1=Cc1nccs1. The molecule has 0 atom stereocenters. The molecule has 0 spiro atoms. The number of piperidine rings is 1. The molecule has 3 aromatic carbocycles. The van der Waals surface area contributed by atoms with E-state index in [0.717, 1.165) is 10.6 Å². The van der Waals surface area contributed by atoms with Crippen LogP contribution in [0.1, 0.15) is 28.1 Å². The summed E-state index contributed by atoms with van der Waals surface area (Å²) in [4.78, 5) is 19.7. The summed E-state index contributed by atoms with van der Waals surface area (Å²) in [5, 5.41) is 2.82. The van der Waals surface area contributed by atoms with Gasteiger partial charge in [0.25, 0.3) is 0 Å². The number of ketones is 1. The molecule has 3 nitrogen and oxygen atoms in total. The number of aromatic nitrogens is 1. The molecule has 1 aromatic heterocycles. The molecule has 1 fully saturated rings. The molecule has 0 N–H and O–H groups in total. The van der Waals surface area contributed by atoms with Crippen LogP contribution in [0.2, 0.25) is 0 Å². The summed E-state index contributed by atoms with van der Waals surface area (Å²) in [6, 6.07) is 31.9. The molecule has 1 aliphatic heterocycles. The topological polar surface area (TPSA) is 33.2 Å². The van der Waals surface area contributed by atoms with Crippen LogP contribution in [0.4, 0.5) is 0 Å². The lowest BCUT2D eigenvalue weighted by Crippen LogP contribution is -2.52. The van der Waals surface area contributed by atoms with Gasteiger partial charge in [0.05, 0.1) is 5.54 Å². The number of hydrogen-bond acceptors (Lipinski definition) is 4. The number of nitrogens with zero attached hydrogens (tertiary/aromatic N) is 2. The maximum atomic E-state index is 12.9. The van der Waals surface area contributed by atoms with Crippen molar-refractivity contribution >= 4 is 23.2 Å². The van der Waals surface area contributed by atoms with Crippen LogP contribution in [0.25, 0.3) is 6.08 Å². The van der Waals surface area contributed by atoms with E-state index in [1.54, 1.807) is 17.5 Å². The van der Waals surface area contributed by atoms with E-state index in [2.05, 4.69) is 101 Å². The van der Waals surface area contributed by atoms with E-state index in [0.29, 0.717) is 19.5 Å². The predicted molar refractivity (Wildman–Crippen MR) is 130 cm³/mol.